The third-order valence-electron chi connectivity index (χ3n) is 4.16. The Morgan fingerprint density at radius 3 is 2.55 bits per heavy atom. The number of nitrogens with zero attached hydrogens (tertiary/aromatic N) is 1. The number of methoxy groups -OCH3 is 1. The zero-order chi connectivity index (χ0) is 22.5. The summed E-state index contributed by atoms with van der Waals surface area (Å²) in [5.74, 6) is -1.43. The van der Waals surface area contributed by atoms with Gasteiger partial charge in [-0.05, 0) is 55.0 Å². The van der Waals surface area contributed by atoms with E-state index in [2.05, 4.69) is 5.43 Å². The van der Waals surface area contributed by atoms with E-state index in [4.69, 9.17) is 26.8 Å². The number of carboxylic acids is 1. The standard InChI is InChI=1S/C21H18N2O6S2/c1-12-3-6-14(7-4-12)19(26)22-23-20(27)17(31-21(23)30)10-13-5-8-15(16(9-13)28-2)29-11-18(24)25/h3-10H,11H2,1-2H3,(H,22,26)(H,24,25)/b17-10+. The highest BCUT2D eigenvalue weighted by Gasteiger charge is 2.33. The molecule has 2 N–H and O–H groups in total. The first-order chi connectivity index (χ1) is 14.8. The van der Waals surface area contributed by atoms with E-state index in [-0.39, 0.29) is 10.1 Å². The Kier molecular flexibility index (Phi) is 6.93. The Balaban J connectivity index is 1.75. The molecule has 2 aromatic rings. The number of hydrazine groups is 1. The zero-order valence-corrected chi connectivity index (χ0v) is 18.2. The van der Waals surface area contributed by atoms with Gasteiger partial charge in [0.25, 0.3) is 11.8 Å². The van der Waals surface area contributed by atoms with Crippen molar-refractivity contribution in [3.05, 3.63) is 64.1 Å². The summed E-state index contributed by atoms with van der Waals surface area (Å²) >= 11 is 6.29. The fraction of sp³-hybridized carbons (Fsp3) is 0.143. The monoisotopic (exact) mass is 458 g/mol. The second kappa shape index (κ2) is 9.63. The van der Waals surface area contributed by atoms with Crippen LogP contribution in [0.3, 0.4) is 0 Å². The Labute approximate surface area is 187 Å². The molecule has 3 rings (SSSR count). The van der Waals surface area contributed by atoms with Crippen LogP contribution in [0, 0.1) is 6.92 Å². The number of aryl methyl sites for hydroxylation is 1. The maximum atomic E-state index is 12.8. The molecule has 2 aromatic carbocycles. The number of thioether (sulfide) groups is 1. The van der Waals surface area contributed by atoms with Gasteiger partial charge in [0.2, 0.25) is 0 Å². The summed E-state index contributed by atoms with van der Waals surface area (Å²) in [7, 11) is 1.42. The lowest BCUT2D eigenvalue weighted by Crippen LogP contribution is -2.44. The Morgan fingerprint density at radius 1 is 1.19 bits per heavy atom. The third kappa shape index (κ3) is 5.41. The van der Waals surface area contributed by atoms with Crippen LogP contribution in [0.1, 0.15) is 21.5 Å². The summed E-state index contributed by atoms with van der Waals surface area (Å²) in [6.07, 6.45) is 1.60. The van der Waals surface area contributed by atoms with E-state index >= 15 is 0 Å². The summed E-state index contributed by atoms with van der Waals surface area (Å²) in [4.78, 5) is 36.2. The van der Waals surface area contributed by atoms with Crippen molar-refractivity contribution in [3.8, 4) is 11.5 Å². The van der Waals surface area contributed by atoms with Crippen LogP contribution in [0.25, 0.3) is 6.08 Å². The average Bonchev–Trinajstić information content (AvgIpc) is 3.00. The molecule has 1 aliphatic heterocycles. The predicted molar refractivity (Wildman–Crippen MR) is 120 cm³/mol. The highest BCUT2D eigenvalue weighted by atomic mass is 32.2. The average molecular weight is 459 g/mol. The van der Waals surface area contributed by atoms with Crippen LogP contribution in [0.4, 0.5) is 0 Å². The molecule has 1 fully saturated rings. The molecule has 31 heavy (non-hydrogen) atoms. The minimum absolute atomic E-state index is 0.199. The number of carbonyl (C=O) groups excluding carboxylic acids is 2. The van der Waals surface area contributed by atoms with Gasteiger partial charge in [-0.1, -0.05) is 35.5 Å². The van der Waals surface area contributed by atoms with Crippen molar-refractivity contribution in [3.63, 3.8) is 0 Å². The van der Waals surface area contributed by atoms with E-state index in [1.54, 1.807) is 48.5 Å². The van der Waals surface area contributed by atoms with E-state index in [0.29, 0.717) is 21.8 Å². The molecule has 0 aromatic heterocycles. The van der Waals surface area contributed by atoms with Crippen molar-refractivity contribution in [2.75, 3.05) is 13.7 Å². The molecule has 2 amide bonds. The van der Waals surface area contributed by atoms with E-state index in [1.807, 2.05) is 6.92 Å². The van der Waals surface area contributed by atoms with Crippen LogP contribution in [0.15, 0.2) is 47.4 Å². The van der Waals surface area contributed by atoms with E-state index in [1.165, 1.54) is 7.11 Å². The van der Waals surface area contributed by atoms with Gasteiger partial charge >= 0.3 is 5.97 Å². The van der Waals surface area contributed by atoms with Crippen LogP contribution in [0.2, 0.25) is 0 Å². The number of nitrogens with one attached hydrogen (secondary N) is 1. The molecule has 0 atom stereocenters. The highest BCUT2D eigenvalue weighted by Crippen LogP contribution is 2.34. The molecule has 0 radical (unpaired) electrons. The van der Waals surface area contributed by atoms with Crippen LogP contribution >= 0.6 is 24.0 Å². The van der Waals surface area contributed by atoms with Crippen molar-refractivity contribution >= 4 is 52.2 Å². The molecule has 160 valence electrons. The van der Waals surface area contributed by atoms with Gasteiger partial charge in [0.1, 0.15) is 0 Å². The number of hydrogen-bond donors (Lipinski definition) is 2. The summed E-state index contributed by atoms with van der Waals surface area (Å²) in [5.41, 5.74) is 4.57. The number of rotatable bonds is 7. The molecular formula is C21H18N2O6S2. The number of carbonyl (C=O) groups is 3. The van der Waals surface area contributed by atoms with E-state index in [9.17, 15) is 14.4 Å². The van der Waals surface area contributed by atoms with Gasteiger partial charge in [-0.3, -0.25) is 15.0 Å². The number of amides is 2. The maximum Gasteiger partial charge on any atom is 0.341 e. The second-order valence-corrected chi connectivity index (χ2v) is 8.09. The fourth-order valence-corrected chi connectivity index (χ4v) is 3.80. The Morgan fingerprint density at radius 2 is 1.90 bits per heavy atom. The van der Waals surface area contributed by atoms with Crippen molar-refractivity contribution in [2.24, 2.45) is 0 Å². The zero-order valence-electron chi connectivity index (χ0n) is 16.6. The Hall–Kier alpha value is -3.37. The number of thiocarbonyl (C=S) groups is 1. The highest BCUT2D eigenvalue weighted by molar-refractivity contribution is 8.26. The van der Waals surface area contributed by atoms with Gasteiger partial charge in [-0.15, -0.1) is 0 Å². The molecule has 1 heterocycles. The van der Waals surface area contributed by atoms with Crippen LogP contribution < -0.4 is 14.9 Å². The molecule has 0 spiro atoms. The van der Waals surface area contributed by atoms with Crippen LogP contribution in [-0.4, -0.2) is 45.9 Å². The van der Waals surface area contributed by atoms with Gasteiger partial charge in [-0.25, -0.2) is 4.79 Å². The summed E-state index contributed by atoms with van der Waals surface area (Å²) in [6.45, 7) is 1.41. The molecule has 1 saturated heterocycles. The number of aliphatic carboxylic acids is 1. The molecule has 0 aliphatic carbocycles. The van der Waals surface area contributed by atoms with Gasteiger partial charge in [0.05, 0.1) is 12.0 Å². The third-order valence-corrected chi connectivity index (χ3v) is 5.46. The lowest BCUT2D eigenvalue weighted by Gasteiger charge is -2.15. The largest absolute Gasteiger partial charge is 0.493 e. The van der Waals surface area contributed by atoms with Crippen molar-refractivity contribution < 1.29 is 29.0 Å². The van der Waals surface area contributed by atoms with Gasteiger partial charge in [-0.2, -0.15) is 5.01 Å². The first-order valence-electron chi connectivity index (χ1n) is 8.96. The summed E-state index contributed by atoms with van der Waals surface area (Å²) < 4.78 is 10.6. The van der Waals surface area contributed by atoms with Crippen LogP contribution in [0.5, 0.6) is 11.5 Å². The smallest absolute Gasteiger partial charge is 0.341 e. The Bertz CT molecular complexity index is 1080. The first-order valence-corrected chi connectivity index (χ1v) is 10.2. The molecule has 0 unspecified atom stereocenters. The molecule has 10 heteroatoms. The minimum atomic E-state index is -1.11. The minimum Gasteiger partial charge on any atom is -0.493 e. The van der Waals surface area contributed by atoms with Crippen LogP contribution in [-0.2, 0) is 9.59 Å². The van der Waals surface area contributed by atoms with E-state index < -0.39 is 24.4 Å². The summed E-state index contributed by atoms with van der Waals surface area (Å²) in [6, 6.07) is 11.7. The van der Waals surface area contributed by atoms with E-state index in [0.717, 1.165) is 22.3 Å². The maximum absolute atomic E-state index is 12.8. The van der Waals surface area contributed by atoms with Crippen molar-refractivity contribution in [1.82, 2.24) is 10.4 Å². The van der Waals surface area contributed by atoms with Gasteiger partial charge < -0.3 is 14.6 Å². The first kappa shape index (κ1) is 22.3. The van der Waals surface area contributed by atoms with Crippen molar-refractivity contribution in [1.29, 1.82) is 0 Å². The SMILES string of the molecule is COc1cc(/C=C2/SC(=S)N(NC(=O)c3ccc(C)cc3)C2=O)ccc1OCC(=O)O. The number of carboxylic acid groups (broad SMARTS) is 1. The normalized spacial score (nSPS) is 14.6. The number of hydrogen-bond acceptors (Lipinski definition) is 7. The quantitative estimate of drug-likeness (QED) is 0.482. The fourth-order valence-electron chi connectivity index (χ4n) is 2.62. The predicted octanol–water partition coefficient (Wildman–Crippen LogP) is 3.01. The summed E-state index contributed by atoms with van der Waals surface area (Å²) in [5, 5.41) is 9.78. The number of benzene rings is 2. The van der Waals surface area contributed by atoms with Gasteiger partial charge in [0.15, 0.2) is 22.4 Å². The topological polar surface area (TPSA) is 105 Å². The second-order valence-electron chi connectivity index (χ2n) is 6.42. The molecule has 0 bridgehead atoms. The molecule has 0 saturated carbocycles. The number of ether oxygens (including phenoxy) is 2. The lowest BCUT2D eigenvalue weighted by molar-refractivity contribution is -0.139. The molecule has 8 nitrogen and oxygen atoms in total. The molecular weight excluding hydrogens is 440 g/mol. The van der Waals surface area contributed by atoms with Gasteiger partial charge in [0, 0.05) is 5.56 Å². The lowest BCUT2D eigenvalue weighted by atomic mass is 10.1. The van der Waals surface area contributed by atoms with Crippen molar-refractivity contribution in [2.45, 2.75) is 6.92 Å². The molecule has 1 aliphatic rings.